The third-order valence-electron chi connectivity index (χ3n) is 1.83. The number of pyridine rings is 1. The summed E-state index contributed by atoms with van der Waals surface area (Å²) >= 11 is 0. The van der Waals surface area contributed by atoms with E-state index in [4.69, 9.17) is 10.8 Å². The summed E-state index contributed by atoms with van der Waals surface area (Å²) in [6.07, 6.45) is 1.41. The predicted octanol–water partition coefficient (Wildman–Crippen LogP) is 1.44. The number of hydrogen-bond donors (Lipinski definition) is 2. The highest BCUT2D eigenvalue weighted by Crippen LogP contribution is 2.17. The largest absolute Gasteiger partial charge is 0.506 e. The molecule has 0 aliphatic carbocycles. The lowest BCUT2D eigenvalue weighted by molar-refractivity contribution is 0.466. The predicted molar refractivity (Wildman–Crippen MR) is 47.7 cm³/mol. The van der Waals surface area contributed by atoms with Crippen LogP contribution in [0.25, 0.3) is 0 Å². The van der Waals surface area contributed by atoms with Crippen LogP contribution in [-0.2, 0) is 0 Å². The second-order valence-electron chi connectivity index (χ2n) is 3.21. The van der Waals surface area contributed by atoms with Crippen molar-refractivity contribution < 1.29 is 5.11 Å². The van der Waals surface area contributed by atoms with Crippen LogP contribution in [0.2, 0.25) is 0 Å². The number of aromatic hydroxyl groups is 1. The number of hydrogen-bond acceptors (Lipinski definition) is 3. The molecule has 12 heavy (non-hydrogen) atoms. The van der Waals surface area contributed by atoms with Crippen molar-refractivity contribution >= 4 is 0 Å². The molecule has 0 unspecified atom stereocenters. The van der Waals surface area contributed by atoms with Crippen LogP contribution in [0, 0.1) is 5.92 Å². The Labute approximate surface area is 72.2 Å². The van der Waals surface area contributed by atoms with Gasteiger partial charge in [-0.3, -0.25) is 4.98 Å². The Balaban J connectivity index is 2.82. The van der Waals surface area contributed by atoms with Gasteiger partial charge < -0.3 is 10.8 Å². The van der Waals surface area contributed by atoms with Crippen LogP contribution < -0.4 is 5.73 Å². The Bertz CT molecular complexity index is 243. The first-order chi connectivity index (χ1) is 5.61. The molecular weight excluding hydrogens is 152 g/mol. The molecule has 3 N–H and O–H groups in total. The minimum Gasteiger partial charge on any atom is -0.506 e. The van der Waals surface area contributed by atoms with Crippen LogP contribution in [0.1, 0.15) is 25.6 Å². The quantitative estimate of drug-likeness (QED) is 0.699. The Morgan fingerprint density at radius 1 is 1.42 bits per heavy atom. The van der Waals surface area contributed by atoms with E-state index >= 15 is 0 Å². The molecule has 0 bridgehead atoms. The summed E-state index contributed by atoms with van der Waals surface area (Å²) in [5.74, 6) is 0.539. The molecular formula is C9H14N2O. The Hall–Kier alpha value is -1.09. The normalized spacial score (nSPS) is 13.3. The average Bonchev–Trinajstić information content (AvgIpc) is 2.04. The van der Waals surface area contributed by atoms with Crippen molar-refractivity contribution in [2.24, 2.45) is 11.7 Å². The Morgan fingerprint density at radius 3 is 2.50 bits per heavy atom. The van der Waals surface area contributed by atoms with Gasteiger partial charge in [-0.2, -0.15) is 0 Å². The third-order valence-corrected chi connectivity index (χ3v) is 1.83. The highest BCUT2D eigenvalue weighted by atomic mass is 16.3. The SMILES string of the molecule is CC(C)[C@@H](N)c1ccc(O)cn1. The Morgan fingerprint density at radius 2 is 2.08 bits per heavy atom. The summed E-state index contributed by atoms with van der Waals surface area (Å²) in [5, 5.41) is 8.97. The zero-order valence-corrected chi connectivity index (χ0v) is 7.36. The van der Waals surface area contributed by atoms with Crippen LogP contribution in [0.15, 0.2) is 18.3 Å². The topological polar surface area (TPSA) is 59.1 Å². The van der Waals surface area contributed by atoms with Gasteiger partial charge in [-0.25, -0.2) is 0 Å². The Kier molecular flexibility index (Phi) is 2.65. The first kappa shape index (κ1) is 9.00. The summed E-state index contributed by atoms with van der Waals surface area (Å²) in [6, 6.07) is 3.30. The van der Waals surface area contributed by atoms with E-state index in [2.05, 4.69) is 4.98 Å². The second-order valence-corrected chi connectivity index (χ2v) is 3.21. The maximum Gasteiger partial charge on any atom is 0.133 e. The zero-order chi connectivity index (χ0) is 9.14. The minimum absolute atomic E-state index is 0.0504. The molecule has 1 aromatic heterocycles. The fourth-order valence-electron chi connectivity index (χ4n) is 0.936. The summed E-state index contributed by atoms with van der Waals surface area (Å²) < 4.78 is 0. The lowest BCUT2D eigenvalue weighted by Gasteiger charge is -2.14. The summed E-state index contributed by atoms with van der Waals surface area (Å²) in [6.45, 7) is 4.08. The van der Waals surface area contributed by atoms with Gasteiger partial charge in [0.15, 0.2) is 0 Å². The number of nitrogens with zero attached hydrogens (tertiary/aromatic N) is 1. The van der Waals surface area contributed by atoms with Crippen molar-refractivity contribution in [3.63, 3.8) is 0 Å². The van der Waals surface area contributed by atoms with Gasteiger partial charge in [0, 0.05) is 6.04 Å². The standard InChI is InChI=1S/C9H14N2O/c1-6(2)9(10)8-4-3-7(12)5-11-8/h3-6,9,12H,10H2,1-2H3/t9-/m1/s1. The van der Waals surface area contributed by atoms with E-state index in [1.165, 1.54) is 6.20 Å². The molecule has 0 radical (unpaired) electrons. The molecule has 0 aliphatic heterocycles. The molecule has 0 aliphatic rings. The fraction of sp³-hybridized carbons (Fsp3) is 0.444. The summed E-state index contributed by atoms with van der Waals surface area (Å²) in [5.41, 5.74) is 6.67. The van der Waals surface area contributed by atoms with E-state index in [0.717, 1.165) is 5.69 Å². The van der Waals surface area contributed by atoms with Crippen molar-refractivity contribution in [3.8, 4) is 5.75 Å². The molecule has 0 spiro atoms. The molecule has 1 rings (SSSR count). The van der Waals surface area contributed by atoms with E-state index in [1.807, 2.05) is 13.8 Å². The number of aromatic nitrogens is 1. The minimum atomic E-state index is -0.0504. The van der Waals surface area contributed by atoms with Gasteiger partial charge >= 0.3 is 0 Å². The van der Waals surface area contributed by atoms with Crippen LogP contribution in [0.3, 0.4) is 0 Å². The van der Waals surface area contributed by atoms with Crippen molar-refractivity contribution in [1.29, 1.82) is 0 Å². The second kappa shape index (κ2) is 3.54. The lowest BCUT2D eigenvalue weighted by atomic mass is 10.0. The molecule has 0 amide bonds. The van der Waals surface area contributed by atoms with E-state index < -0.39 is 0 Å². The summed E-state index contributed by atoms with van der Waals surface area (Å²) in [7, 11) is 0. The van der Waals surface area contributed by atoms with E-state index in [1.54, 1.807) is 12.1 Å². The molecule has 1 heterocycles. The molecule has 0 saturated carbocycles. The van der Waals surface area contributed by atoms with Gasteiger partial charge in [-0.15, -0.1) is 0 Å². The van der Waals surface area contributed by atoms with Gasteiger partial charge in [-0.1, -0.05) is 13.8 Å². The average molecular weight is 166 g/mol. The molecule has 3 nitrogen and oxygen atoms in total. The molecule has 1 aromatic rings. The fourth-order valence-corrected chi connectivity index (χ4v) is 0.936. The highest BCUT2D eigenvalue weighted by molar-refractivity contribution is 5.19. The van der Waals surface area contributed by atoms with E-state index in [0.29, 0.717) is 5.92 Å². The van der Waals surface area contributed by atoms with Crippen LogP contribution in [-0.4, -0.2) is 10.1 Å². The van der Waals surface area contributed by atoms with Crippen LogP contribution >= 0.6 is 0 Å². The van der Waals surface area contributed by atoms with Crippen LogP contribution in [0.4, 0.5) is 0 Å². The first-order valence-corrected chi connectivity index (χ1v) is 4.01. The van der Waals surface area contributed by atoms with Crippen molar-refractivity contribution in [3.05, 3.63) is 24.0 Å². The molecule has 1 atom stereocenters. The smallest absolute Gasteiger partial charge is 0.133 e. The first-order valence-electron chi connectivity index (χ1n) is 4.01. The van der Waals surface area contributed by atoms with Crippen molar-refractivity contribution in [2.75, 3.05) is 0 Å². The monoisotopic (exact) mass is 166 g/mol. The van der Waals surface area contributed by atoms with E-state index in [-0.39, 0.29) is 11.8 Å². The van der Waals surface area contributed by atoms with E-state index in [9.17, 15) is 0 Å². The molecule has 3 heteroatoms. The molecule has 0 fully saturated rings. The van der Waals surface area contributed by atoms with Crippen LogP contribution in [0.5, 0.6) is 5.75 Å². The third kappa shape index (κ3) is 1.95. The summed E-state index contributed by atoms with van der Waals surface area (Å²) in [4.78, 5) is 4.02. The van der Waals surface area contributed by atoms with Gasteiger partial charge in [0.1, 0.15) is 5.75 Å². The maximum atomic E-state index is 8.97. The molecule has 0 aromatic carbocycles. The zero-order valence-electron chi connectivity index (χ0n) is 7.36. The van der Waals surface area contributed by atoms with Crippen molar-refractivity contribution in [2.45, 2.75) is 19.9 Å². The lowest BCUT2D eigenvalue weighted by Crippen LogP contribution is -2.17. The van der Waals surface area contributed by atoms with Gasteiger partial charge in [-0.05, 0) is 18.1 Å². The van der Waals surface area contributed by atoms with Crippen molar-refractivity contribution in [1.82, 2.24) is 4.98 Å². The maximum absolute atomic E-state index is 8.97. The van der Waals surface area contributed by atoms with Gasteiger partial charge in [0.2, 0.25) is 0 Å². The van der Waals surface area contributed by atoms with Gasteiger partial charge in [0.05, 0.1) is 11.9 Å². The molecule has 0 saturated heterocycles. The number of rotatable bonds is 2. The number of nitrogens with two attached hydrogens (primary N) is 1. The van der Waals surface area contributed by atoms with Gasteiger partial charge in [0.25, 0.3) is 0 Å². The molecule has 66 valence electrons. The highest BCUT2D eigenvalue weighted by Gasteiger charge is 2.10.